The van der Waals surface area contributed by atoms with E-state index in [1.165, 1.54) is 33.9 Å². The van der Waals surface area contributed by atoms with E-state index in [0.29, 0.717) is 15.1 Å². The third-order valence-electron chi connectivity index (χ3n) is 3.64. The van der Waals surface area contributed by atoms with Crippen molar-refractivity contribution in [2.24, 2.45) is 0 Å². The highest BCUT2D eigenvalue weighted by atomic mass is 32.1. The Labute approximate surface area is 137 Å². The van der Waals surface area contributed by atoms with Crippen LogP contribution in [0.15, 0.2) is 47.3 Å². The Balaban J connectivity index is 1.95. The molecule has 0 unspecified atom stereocenters. The van der Waals surface area contributed by atoms with Crippen molar-refractivity contribution in [3.05, 3.63) is 73.0 Å². The summed E-state index contributed by atoms with van der Waals surface area (Å²) in [6.45, 7) is 0. The summed E-state index contributed by atoms with van der Waals surface area (Å²) in [4.78, 5) is 27.8. The molecule has 2 aromatic heterocycles. The number of nitrogens with zero attached hydrogens (tertiary/aromatic N) is 3. The number of aromatic hydroxyl groups is 1. The standard InChI is InChI=1S/C16H9N3O4S/c20-13-6-5-9(7-12(13)19(22)23)8-14-15(21)18-11-4-2-1-3-10(11)17-16(18)24-14/h1-8,20H/b14-8+. The van der Waals surface area contributed by atoms with E-state index >= 15 is 0 Å². The van der Waals surface area contributed by atoms with Crippen LogP contribution in [-0.2, 0) is 0 Å². The van der Waals surface area contributed by atoms with Crippen molar-refractivity contribution < 1.29 is 10.0 Å². The van der Waals surface area contributed by atoms with Crippen LogP contribution in [0.4, 0.5) is 5.69 Å². The monoisotopic (exact) mass is 339 g/mol. The molecule has 0 bridgehead atoms. The maximum atomic E-state index is 12.6. The number of thiazole rings is 1. The number of phenols is 1. The molecule has 2 heterocycles. The first kappa shape index (κ1) is 14.3. The van der Waals surface area contributed by atoms with Gasteiger partial charge in [0.15, 0.2) is 10.7 Å². The summed E-state index contributed by atoms with van der Waals surface area (Å²) < 4.78 is 1.95. The normalized spacial score (nSPS) is 12.2. The third-order valence-corrected chi connectivity index (χ3v) is 4.61. The quantitative estimate of drug-likeness (QED) is 0.445. The van der Waals surface area contributed by atoms with Gasteiger partial charge in [0.05, 0.1) is 20.5 Å². The molecule has 24 heavy (non-hydrogen) atoms. The van der Waals surface area contributed by atoms with Crippen molar-refractivity contribution in [1.29, 1.82) is 0 Å². The van der Waals surface area contributed by atoms with Crippen LogP contribution in [0.25, 0.3) is 22.1 Å². The zero-order valence-corrected chi connectivity index (χ0v) is 12.9. The Kier molecular flexibility index (Phi) is 3.07. The summed E-state index contributed by atoms with van der Waals surface area (Å²) in [5.41, 5.74) is 1.31. The van der Waals surface area contributed by atoms with Gasteiger partial charge in [-0.2, -0.15) is 0 Å². The second-order valence-electron chi connectivity index (χ2n) is 5.14. The zero-order chi connectivity index (χ0) is 16.8. The molecule has 0 fully saturated rings. The molecule has 4 rings (SSSR count). The van der Waals surface area contributed by atoms with Crippen molar-refractivity contribution in [2.45, 2.75) is 0 Å². The van der Waals surface area contributed by atoms with Crippen LogP contribution >= 0.6 is 11.3 Å². The van der Waals surface area contributed by atoms with E-state index in [4.69, 9.17) is 0 Å². The van der Waals surface area contributed by atoms with E-state index in [2.05, 4.69) is 4.98 Å². The number of nitro benzene ring substituents is 1. The zero-order valence-electron chi connectivity index (χ0n) is 12.0. The molecule has 0 atom stereocenters. The predicted octanol–water partition coefficient (Wildman–Crippen LogP) is 2.07. The van der Waals surface area contributed by atoms with Crippen LogP contribution in [0.5, 0.6) is 5.75 Å². The average Bonchev–Trinajstić information content (AvgIpc) is 3.06. The molecule has 4 aromatic rings. The molecule has 7 nitrogen and oxygen atoms in total. The second kappa shape index (κ2) is 5.14. The van der Waals surface area contributed by atoms with Crippen LogP contribution in [0.3, 0.4) is 0 Å². The molecule has 0 aliphatic heterocycles. The first-order valence-corrected chi connectivity index (χ1v) is 7.75. The number of aromatic nitrogens is 2. The fourth-order valence-electron chi connectivity index (χ4n) is 2.54. The molecule has 0 aliphatic carbocycles. The van der Waals surface area contributed by atoms with Crippen LogP contribution in [0.1, 0.15) is 5.56 Å². The minimum absolute atomic E-state index is 0.223. The van der Waals surface area contributed by atoms with E-state index < -0.39 is 16.4 Å². The number of hydrogen-bond donors (Lipinski definition) is 1. The summed E-state index contributed by atoms with van der Waals surface area (Å²) in [6, 6.07) is 11.3. The molecule has 0 saturated heterocycles. The lowest BCUT2D eigenvalue weighted by molar-refractivity contribution is -0.385. The maximum Gasteiger partial charge on any atom is 0.311 e. The van der Waals surface area contributed by atoms with Gasteiger partial charge in [-0.1, -0.05) is 29.5 Å². The molecule has 1 N–H and O–H groups in total. The van der Waals surface area contributed by atoms with Crippen LogP contribution in [-0.4, -0.2) is 19.4 Å². The van der Waals surface area contributed by atoms with Gasteiger partial charge < -0.3 is 5.11 Å². The second-order valence-corrected chi connectivity index (χ2v) is 6.15. The lowest BCUT2D eigenvalue weighted by Crippen LogP contribution is -2.22. The maximum absolute atomic E-state index is 12.6. The molecular weight excluding hydrogens is 330 g/mol. The third kappa shape index (κ3) is 2.12. The molecular formula is C16H9N3O4S. The number of fused-ring (bicyclic) bond motifs is 3. The number of benzene rings is 2. The van der Waals surface area contributed by atoms with Crippen LogP contribution < -0.4 is 10.1 Å². The summed E-state index contributed by atoms with van der Waals surface area (Å²) in [5.74, 6) is -0.411. The lowest BCUT2D eigenvalue weighted by atomic mass is 10.2. The highest BCUT2D eigenvalue weighted by Gasteiger charge is 2.14. The molecule has 8 heteroatoms. The SMILES string of the molecule is O=c1/c(=C\c2ccc(O)c([N+](=O)[O-])c2)sc2nc3ccccc3n12. The van der Waals surface area contributed by atoms with E-state index in [9.17, 15) is 20.0 Å². The van der Waals surface area contributed by atoms with E-state index in [1.807, 2.05) is 24.3 Å². The predicted molar refractivity (Wildman–Crippen MR) is 90.4 cm³/mol. The summed E-state index contributed by atoms with van der Waals surface area (Å²) in [7, 11) is 0. The highest BCUT2D eigenvalue weighted by molar-refractivity contribution is 7.15. The number of phenolic OH excluding ortho intramolecular Hbond substituents is 1. The van der Waals surface area contributed by atoms with Crippen molar-refractivity contribution in [3.63, 3.8) is 0 Å². The van der Waals surface area contributed by atoms with Gasteiger partial charge in [-0.05, 0) is 29.8 Å². The van der Waals surface area contributed by atoms with Gasteiger partial charge in [0.25, 0.3) is 5.56 Å². The molecule has 0 saturated carbocycles. The first-order valence-electron chi connectivity index (χ1n) is 6.94. The van der Waals surface area contributed by atoms with Gasteiger partial charge in [0.1, 0.15) is 0 Å². The summed E-state index contributed by atoms with van der Waals surface area (Å²) >= 11 is 1.21. The van der Waals surface area contributed by atoms with Gasteiger partial charge in [0.2, 0.25) is 0 Å². The van der Waals surface area contributed by atoms with Gasteiger partial charge in [-0.15, -0.1) is 0 Å². The van der Waals surface area contributed by atoms with E-state index in [0.717, 1.165) is 11.0 Å². The summed E-state index contributed by atoms with van der Waals surface area (Å²) in [5, 5.41) is 20.4. The van der Waals surface area contributed by atoms with Crippen molar-refractivity contribution in [3.8, 4) is 5.75 Å². The Morgan fingerprint density at radius 3 is 2.83 bits per heavy atom. The van der Waals surface area contributed by atoms with E-state index in [1.54, 1.807) is 6.08 Å². The Hall–Kier alpha value is -3.26. The Bertz CT molecular complexity index is 1230. The lowest BCUT2D eigenvalue weighted by Gasteiger charge is -1.96. The van der Waals surface area contributed by atoms with Crippen LogP contribution in [0.2, 0.25) is 0 Å². The highest BCUT2D eigenvalue weighted by Crippen LogP contribution is 2.26. The van der Waals surface area contributed by atoms with Crippen molar-refractivity contribution >= 4 is 39.1 Å². The Morgan fingerprint density at radius 1 is 1.25 bits per heavy atom. The van der Waals surface area contributed by atoms with Gasteiger partial charge in [-0.25, -0.2) is 9.38 Å². The minimum Gasteiger partial charge on any atom is -0.502 e. The molecule has 118 valence electrons. The fraction of sp³-hybridized carbons (Fsp3) is 0. The number of imidazole rings is 1. The molecule has 0 radical (unpaired) electrons. The van der Waals surface area contributed by atoms with Crippen molar-refractivity contribution in [1.82, 2.24) is 9.38 Å². The number of nitro groups is 1. The van der Waals surface area contributed by atoms with Crippen LogP contribution in [0, 0.1) is 10.1 Å². The first-order chi connectivity index (χ1) is 11.5. The van der Waals surface area contributed by atoms with Gasteiger partial charge >= 0.3 is 5.69 Å². The Morgan fingerprint density at radius 2 is 2.04 bits per heavy atom. The molecule has 0 aliphatic rings. The largest absolute Gasteiger partial charge is 0.502 e. The topological polar surface area (TPSA) is 97.7 Å². The fourth-order valence-corrected chi connectivity index (χ4v) is 3.53. The smallest absolute Gasteiger partial charge is 0.311 e. The van der Waals surface area contributed by atoms with Crippen molar-refractivity contribution in [2.75, 3.05) is 0 Å². The van der Waals surface area contributed by atoms with Gasteiger partial charge in [0, 0.05) is 6.07 Å². The van der Waals surface area contributed by atoms with Gasteiger partial charge in [-0.3, -0.25) is 14.9 Å². The molecule has 0 amide bonds. The minimum atomic E-state index is -0.667. The average molecular weight is 339 g/mol. The number of hydrogen-bond acceptors (Lipinski definition) is 6. The molecule has 2 aromatic carbocycles. The molecule has 0 spiro atoms. The number of rotatable bonds is 2. The summed E-state index contributed by atoms with van der Waals surface area (Å²) in [6.07, 6.45) is 1.56. The van der Waals surface area contributed by atoms with E-state index in [-0.39, 0.29) is 5.56 Å². The number of para-hydroxylation sites is 2.